The lowest BCUT2D eigenvalue weighted by atomic mass is 9.94. The molecule has 2 aromatic carbocycles. The summed E-state index contributed by atoms with van der Waals surface area (Å²) in [6.45, 7) is 4.18. The summed E-state index contributed by atoms with van der Waals surface area (Å²) in [4.78, 5) is 29.6. The maximum absolute atomic E-state index is 13.3. The Morgan fingerprint density at radius 1 is 1.00 bits per heavy atom. The summed E-state index contributed by atoms with van der Waals surface area (Å²) in [5.41, 5.74) is 4.85. The molecule has 2 aliphatic rings. The van der Waals surface area contributed by atoms with Crippen LogP contribution in [0.1, 0.15) is 41.3 Å². The summed E-state index contributed by atoms with van der Waals surface area (Å²) in [6, 6.07) is 13.1. The predicted octanol–water partition coefficient (Wildman–Crippen LogP) is 4.37. The van der Waals surface area contributed by atoms with Crippen LogP contribution >= 0.6 is 0 Å². The molecule has 2 heterocycles. The average Bonchev–Trinajstić information content (AvgIpc) is 3.52. The Bertz CT molecular complexity index is 1270. The molecule has 1 aromatic heterocycles. The van der Waals surface area contributed by atoms with Crippen LogP contribution in [0.2, 0.25) is 0 Å². The van der Waals surface area contributed by atoms with Gasteiger partial charge in [-0.3, -0.25) is 9.59 Å². The SMILES string of the molecule is CNC(=O)c1ccc(-c2cnc(NC(=O)C3(c4ccc5c(c4)OCO5)CC3)c(C)c2C)cc1.[HH]. The van der Waals surface area contributed by atoms with Crippen molar-refractivity contribution in [2.24, 2.45) is 0 Å². The fourth-order valence-corrected chi connectivity index (χ4v) is 4.26. The number of anilines is 1. The van der Waals surface area contributed by atoms with E-state index in [0.29, 0.717) is 22.9 Å². The molecule has 0 atom stereocenters. The maximum atomic E-state index is 13.3. The van der Waals surface area contributed by atoms with Crippen molar-refractivity contribution in [2.45, 2.75) is 32.1 Å². The zero-order valence-corrected chi connectivity index (χ0v) is 18.8. The van der Waals surface area contributed by atoms with E-state index in [2.05, 4.69) is 15.6 Å². The normalized spacial score (nSPS) is 15.1. The van der Waals surface area contributed by atoms with Gasteiger partial charge < -0.3 is 20.1 Å². The number of hydrogen-bond acceptors (Lipinski definition) is 5. The molecule has 3 aromatic rings. The van der Waals surface area contributed by atoms with Crippen LogP contribution in [0.15, 0.2) is 48.7 Å². The summed E-state index contributed by atoms with van der Waals surface area (Å²) < 4.78 is 10.9. The Kier molecular flexibility index (Phi) is 5.04. The number of carbonyl (C=O) groups excluding carboxylic acids is 2. The molecule has 2 amide bonds. The molecule has 1 saturated carbocycles. The third-order valence-corrected chi connectivity index (χ3v) is 6.67. The van der Waals surface area contributed by atoms with E-state index in [1.165, 1.54) is 0 Å². The maximum Gasteiger partial charge on any atom is 0.251 e. The first-order valence-corrected chi connectivity index (χ1v) is 10.9. The molecule has 0 spiro atoms. The van der Waals surface area contributed by atoms with Gasteiger partial charge in [0.25, 0.3) is 5.91 Å². The molecule has 2 N–H and O–H groups in total. The van der Waals surface area contributed by atoms with Gasteiger partial charge in [0.15, 0.2) is 11.5 Å². The number of hydrogen-bond donors (Lipinski definition) is 2. The number of aromatic nitrogens is 1. The Balaban J connectivity index is 0.00000274. The molecule has 7 nitrogen and oxygen atoms in total. The van der Waals surface area contributed by atoms with Crippen molar-refractivity contribution < 1.29 is 20.5 Å². The number of rotatable bonds is 5. The molecule has 0 saturated heterocycles. The Labute approximate surface area is 193 Å². The molecule has 0 bridgehead atoms. The lowest BCUT2D eigenvalue weighted by molar-refractivity contribution is -0.118. The standard InChI is InChI=1S/C26H25N3O4.H2/c1-15-16(2)23(28-13-20(15)17-4-6-18(7-5-17)24(30)27-3)29-25(31)26(10-11-26)19-8-9-21-22(12-19)33-14-32-21;/h4-9,12-13H,10-11,14H2,1-3H3,(H,27,30)(H,28,29,31);1H. The summed E-state index contributed by atoms with van der Waals surface area (Å²) in [7, 11) is 1.61. The molecule has 1 aliphatic carbocycles. The third-order valence-electron chi connectivity index (χ3n) is 6.67. The highest BCUT2D eigenvalue weighted by molar-refractivity contribution is 6.01. The van der Waals surface area contributed by atoms with Crippen LogP contribution in [0.25, 0.3) is 11.1 Å². The minimum Gasteiger partial charge on any atom is -0.454 e. The van der Waals surface area contributed by atoms with Crippen LogP contribution in [0.3, 0.4) is 0 Å². The monoisotopic (exact) mass is 445 g/mol. The first kappa shape index (κ1) is 21.0. The van der Waals surface area contributed by atoms with Gasteiger partial charge in [0, 0.05) is 25.8 Å². The molecule has 1 aliphatic heterocycles. The van der Waals surface area contributed by atoms with Crippen LogP contribution < -0.4 is 20.1 Å². The van der Waals surface area contributed by atoms with E-state index in [1.807, 2.05) is 44.2 Å². The molecule has 0 unspecified atom stereocenters. The predicted molar refractivity (Wildman–Crippen MR) is 127 cm³/mol. The Hall–Kier alpha value is -3.87. The highest BCUT2D eigenvalue weighted by atomic mass is 16.7. The number of pyridine rings is 1. The van der Waals surface area contributed by atoms with E-state index in [1.54, 1.807) is 25.4 Å². The first-order chi connectivity index (χ1) is 15.9. The van der Waals surface area contributed by atoms with Gasteiger partial charge in [0.1, 0.15) is 5.82 Å². The number of ether oxygens (including phenoxy) is 2. The molecular formula is C26H27N3O4. The topological polar surface area (TPSA) is 89.6 Å². The van der Waals surface area contributed by atoms with E-state index in [-0.39, 0.29) is 20.0 Å². The van der Waals surface area contributed by atoms with Crippen LogP contribution in [-0.4, -0.2) is 30.6 Å². The van der Waals surface area contributed by atoms with Gasteiger partial charge in [-0.15, -0.1) is 0 Å². The number of benzene rings is 2. The highest BCUT2D eigenvalue weighted by Gasteiger charge is 2.52. The van der Waals surface area contributed by atoms with Crippen LogP contribution in [0, 0.1) is 13.8 Å². The van der Waals surface area contributed by atoms with Gasteiger partial charge in [-0.1, -0.05) is 18.2 Å². The molecule has 0 radical (unpaired) electrons. The van der Waals surface area contributed by atoms with Crippen molar-refractivity contribution in [1.82, 2.24) is 10.3 Å². The second-order valence-corrected chi connectivity index (χ2v) is 8.53. The third kappa shape index (κ3) is 3.59. The van der Waals surface area contributed by atoms with Crippen molar-refractivity contribution in [3.8, 4) is 22.6 Å². The number of fused-ring (bicyclic) bond motifs is 1. The highest BCUT2D eigenvalue weighted by Crippen LogP contribution is 2.51. The lowest BCUT2D eigenvalue weighted by Crippen LogP contribution is -2.28. The fraction of sp³-hybridized carbons (Fsp3) is 0.269. The summed E-state index contributed by atoms with van der Waals surface area (Å²) in [5, 5.41) is 5.68. The fourth-order valence-electron chi connectivity index (χ4n) is 4.26. The zero-order valence-electron chi connectivity index (χ0n) is 18.8. The van der Waals surface area contributed by atoms with E-state index in [9.17, 15) is 9.59 Å². The smallest absolute Gasteiger partial charge is 0.251 e. The summed E-state index contributed by atoms with van der Waals surface area (Å²) >= 11 is 0. The zero-order chi connectivity index (χ0) is 23.2. The van der Waals surface area contributed by atoms with E-state index in [0.717, 1.165) is 40.7 Å². The molecule has 5 rings (SSSR count). The Morgan fingerprint density at radius 3 is 2.42 bits per heavy atom. The van der Waals surface area contributed by atoms with Crippen LogP contribution in [0.4, 0.5) is 5.82 Å². The number of nitrogens with one attached hydrogen (secondary N) is 2. The van der Waals surface area contributed by atoms with Crippen molar-refractivity contribution in [1.29, 1.82) is 0 Å². The van der Waals surface area contributed by atoms with Gasteiger partial charge in [-0.25, -0.2) is 4.98 Å². The largest absolute Gasteiger partial charge is 0.454 e. The van der Waals surface area contributed by atoms with Gasteiger partial charge in [-0.2, -0.15) is 0 Å². The van der Waals surface area contributed by atoms with Gasteiger partial charge in [-0.05, 0) is 73.2 Å². The van der Waals surface area contributed by atoms with Crippen LogP contribution in [0.5, 0.6) is 11.5 Å². The number of carbonyl (C=O) groups is 2. The minimum atomic E-state index is -0.558. The molecule has 1 fully saturated rings. The Morgan fingerprint density at radius 2 is 1.73 bits per heavy atom. The molecular weight excluding hydrogens is 418 g/mol. The van der Waals surface area contributed by atoms with Crippen molar-refractivity contribution in [3.05, 3.63) is 70.9 Å². The number of nitrogens with zero attached hydrogens (tertiary/aromatic N) is 1. The van der Waals surface area contributed by atoms with Gasteiger partial charge in [0.05, 0.1) is 5.41 Å². The van der Waals surface area contributed by atoms with Crippen molar-refractivity contribution >= 4 is 17.6 Å². The molecule has 7 heteroatoms. The quantitative estimate of drug-likeness (QED) is 0.609. The van der Waals surface area contributed by atoms with E-state index < -0.39 is 5.41 Å². The van der Waals surface area contributed by atoms with E-state index >= 15 is 0 Å². The van der Waals surface area contributed by atoms with Crippen LogP contribution in [-0.2, 0) is 10.2 Å². The number of amides is 2. The second-order valence-electron chi connectivity index (χ2n) is 8.53. The van der Waals surface area contributed by atoms with E-state index in [4.69, 9.17) is 9.47 Å². The summed E-state index contributed by atoms with van der Waals surface area (Å²) in [5.74, 6) is 1.78. The molecule has 33 heavy (non-hydrogen) atoms. The lowest BCUT2D eigenvalue weighted by Gasteiger charge is -2.18. The summed E-state index contributed by atoms with van der Waals surface area (Å²) in [6.07, 6.45) is 3.34. The molecule has 170 valence electrons. The first-order valence-electron chi connectivity index (χ1n) is 10.9. The van der Waals surface area contributed by atoms with Gasteiger partial charge >= 0.3 is 0 Å². The second kappa shape index (κ2) is 7.92. The van der Waals surface area contributed by atoms with Gasteiger partial charge in [0.2, 0.25) is 12.7 Å². The van der Waals surface area contributed by atoms with Crippen molar-refractivity contribution in [3.63, 3.8) is 0 Å². The average molecular weight is 446 g/mol. The van der Waals surface area contributed by atoms with Crippen molar-refractivity contribution in [2.75, 3.05) is 19.2 Å². The minimum absolute atomic E-state index is 0.